The Morgan fingerprint density at radius 1 is 1.15 bits per heavy atom. The van der Waals surface area contributed by atoms with Crippen LogP contribution in [0.3, 0.4) is 0 Å². The normalized spacial score (nSPS) is 10.3. The van der Waals surface area contributed by atoms with Crippen LogP contribution in [-0.4, -0.2) is 23.1 Å². The molecular weight excluding hydrogens is 394 g/mol. The van der Waals surface area contributed by atoms with Crippen molar-refractivity contribution in [1.82, 2.24) is 5.32 Å². The first-order valence-corrected chi connectivity index (χ1v) is 7.34. The molecule has 0 saturated carbocycles. The number of rotatable bonds is 4. The van der Waals surface area contributed by atoms with E-state index in [9.17, 15) is 32.5 Å². The largest absolute Gasteiger partial charge is 0.491 e. The Kier molecular flexibility index (Phi) is 5.90. The quantitative estimate of drug-likeness (QED) is 0.268. The minimum absolute atomic E-state index is 0.0857. The number of halogens is 4. The van der Waals surface area contributed by atoms with Crippen molar-refractivity contribution in [1.29, 1.82) is 0 Å². The van der Waals surface area contributed by atoms with E-state index in [0.717, 1.165) is 13.2 Å². The van der Waals surface area contributed by atoms with E-state index in [4.69, 9.17) is 12.2 Å². The van der Waals surface area contributed by atoms with Crippen molar-refractivity contribution in [2.75, 3.05) is 12.4 Å². The first-order valence-electron chi connectivity index (χ1n) is 6.94. The third-order valence-electron chi connectivity index (χ3n) is 3.20. The number of hydrogen-bond donors (Lipinski definition) is 2. The van der Waals surface area contributed by atoms with Crippen LogP contribution in [-0.2, 0) is 0 Å². The maximum atomic E-state index is 13.9. The summed E-state index contributed by atoms with van der Waals surface area (Å²) >= 11 is 4.75. The van der Waals surface area contributed by atoms with Crippen LogP contribution in [0.15, 0.2) is 24.3 Å². The molecule has 0 fully saturated rings. The van der Waals surface area contributed by atoms with E-state index in [-0.39, 0.29) is 11.4 Å². The molecule has 2 rings (SSSR count). The van der Waals surface area contributed by atoms with Gasteiger partial charge in [0.2, 0.25) is 11.6 Å². The SMILES string of the molecule is COc1c(F)c(F)c(C(=O)NC(=S)Nc2cccc([N+](=O)[O-])c2)c(F)c1F. The van der Waals surface area contributed by atoms with Crippen LogP contribution >= 0.6 is 12.2 Å². The number of non-ortho nitro benzene ring substituents is 1. The zero-order chi connectivity index (χ0) is 20.3. The van der Waals surface area contributed by atoms with Crippen molar-refractivity contribution in [3.63, 3.8) is 0 Å². The van der Waals surface area contributed by atoms with Gasteiger partial charge in [-0.3, -0.25) is 20.2 Å². The lowest BCUT2D eigenvalue weighted by Crippen LogP contribution is -2.35. The van der Waals surface area contributed by atoms with Crippen molar-refractivity contribution < 1.29 is 32.0 Å². The number of thiocarbonyl (C=S) groups is 1. The molecule has 0 aromatic heterocycles. The summed E-state index contributed by atoms with van der Waals surface area (Å²) in [5.74, 6) is -10.6. The lowest BCUT2D eigenvalue weighted by Gasteiger charge is -2.12. The van der Waals surface area contributed by atoms with Gasteiger partial charge in [-0.05, 0) is 18.3 Å². The number of nitrogens with one attached hydrogen (secondary N) is 2. The van der Waals surface area contributed by atoms with E-state index < -0.39 is 50.5 Å². The molecule has 2 aromatic carbocycles. The van der Waals surface area contributed by atoms with Gasteiger partial charge in [-0.1, -0.05) is 6.07 Å². The Balaban J connectivity index is 2.24. The van der Waals surface area contributed by atoms with Crippen molar-refractivity contribution >= 4 is 34.6 Å². The van der Waals surface area contributed by atoms with Crippen LogP contribution in [0.5, 0.6) is 5.75 Å². The smallest absolute Gasteiger partial charge is 0.271 e. The van der Waals surface area contributed by atoms with Crippen LogP contribution in [0.4, 0.5) is 28.9 Å². The first kappa shape index (κ1) is 20.0. The highest BCUT2D eigenvalue weighted by molar-refractivity contribution is 7.80. The summed E-state index contributed by atoms with van der Waals surface area (Å²) in [5, 5.41) is 14.4. The minimum atomic E-state index is -1.97. The van der Waals surface area contributed by atoms with Crippen LogP contribution in [0, 0.1) is 33.4 Å². The third kappa shape index (κ3) is 4.11. The number of carbonyl (C=O) groups excluding carboxylic acids is 1. The first-order chi connectivity index (χ1) is 12.7. The monoisotopic (exact) mass is 403 g/mol. The van der Waals surface area contributed by atoms with Crippen LogP contribution in [0.25, 0.3) is 0 Å². The van der Waals surface area contributed by atoms with Gasteiger partial charge in [0, 0.05) is 17.8 Å². The van der Waals surface area contributed by atoms with E-state index in [1.54, 1.807) is 0 Å². The summed E-state index contributed by atoms with van der Waals surface area (Å²) in [4.78, 5) is 22.0. The molecule has 12 heteroatoms. The summed E-state index contributed by atoms with van der Waals surface area (Å²) in [6.45, 7) is 0. The van der Waals surface area contributed by atoms with Gasteiger partial charge >= 0.3 is 0 Å². The summed E-state index contributed by atoms with van der Waals surface area (Å²) in [5.41, 5.74) is -1.75. The number of nitrogens with zero attached hydrogens (tertiary/aromatic N) is 1. The van der Waals surface area contributed by atoms with E-state index in [1.807, 2.05) is 5.32 Å². The van der Waals surface area contributed by atoms with Crippen molar-refractivity contribution in [2.24, 2.45) is 0 Å². The Hall–Kier alpha value is -3.28. The van der Waals surface area contributed by atoms with E-state index in [2.05, 4.69) is 10.1 Å². The summed E-state index contributed by atoms with van der Waals surface area (Å²) < 4.78 is 59.3. The second kappa shape index (κ2) is 7.95. The van der Waals surface area contributed by atoms with Crippen LogP contribution in [0.1, 0.15) is 10.4 Å². The van der Waals surface area contributed by atoms with E-state index >= 15 is 0 Å². The predicted molar refractivity (Wildman–Crippen MR) is 89.6 cm³/mol. The van der Waals surface area contributed by atoms with Gasteiger partial charge in [0.1, 0.15) is 5.56 Å². The maximum Gasteiger partial charge on any atom is 0.271 e. The second-order valence-corrected chi connectivity index (χ2v) is 5.29. The van der Waals surface area contributed by atoms with Crippen LogP contribution < -0.4 is 15.4 Å². The molecule has 142 valence electrons. The predicted octanol–water partition coefficient (Wildman–Crippen LogP) is 3.29. The fourth-order valence-corrected chi connectivity index (χ4v) is 2.23. The minimum Gasteiger partial charge on any atom is -0.491 e. The average molecular weight is 403 g/mol. The van der Waals surface area contributed by atoms with Crippen LogP contribution in [0.2, 0.25) is 0 Å². The van der Waals surface area contributed by atoms with Crippen molar-refractivity contribution in [3.8, 4) is 5.75 Å². The summed E-state index contributed by atoms with van der Waals surface area (Å²) in [7, 11) is 0.790. The summed E-state index contributed by atoms with van der Waals surface area (Å²) in [6, 6.07) is 4.95. The standard InChI is InChI=1S/C15H9F4N3O4S/c1-26-13-11(18)9(16)8(10(17)12(13)19)14(23)21-15(27)20-6-3-2-4-7(5-6)22(24)25/h2-5H,1H3,(H2,20,21,23,27). The molecule has 0 spiro atoms. The fraction of sp³-hybridized carbons (Fsp3) is 0.0667. The lowest BCUT2D eigenvalue weighted by atomic mass is 10.1. The molecule has 0 unspecified atom stereocenters. The zero-order valence-electron chi connectivity index (χ0n) is 13.3. The van der Waals surface area contributed by atoms with E-state index in [1.165, 1.54) is 18.2 Å². The number of hydrogen-bond acceptors (Lipinski definition) is 5. The molecule has 0 radical (unpaired) electrons. The van der Waals surface area contributed by atoms with Gasteiger partial charge in [0.25, 0.3) is 11.6 Å². The topological polar surface area (TPSA) is 93.5 Å². The third-order valence-corrected chi connectivity index (χ3v) is 3.40. The number of carbonyl (C=O) groups is 1. The number of benzene rings is 2. The molecule has 7 nitrogen and oxygen atoms in total. The Bertz CT molecular complexity index is 926. The Labute approximate surface area is 154 Å². The molecule has 27 heavy (non-hydrogen) atoms. The fourth-order valence-electron chi connectivity index (χ4n) is 2.02. The number of amides is 1. The molecule has 0 bridgehead atoms. The van der Waals surface area contributed by atoms with Gasteiger partial charge in [-0.15, -0.1) is 0 Å². The highest BCUT2D eigenvalue weighted by Crippen LogP contribution is 2.29. The second-order valence-electron chi connectivity index (χ2n) is 4.88. The Morgan fingerprint density at radius 2 is 1.74 bits per heavy atom. The molecule has 0 aliphatic heterocycles. The average Bonchev–Trinajstić information content (AvgIpc) is 2.60. The van der Waals surface area contributed by atoms with Gasteiger partial charge in [0.15, 0.2) is 22.5 Å². The number of nitro benzene ring substituents is 1. The number of methoxy groups -OCH3 is 1. The van der Waals surface area contributed by atoms with Crippen molar-refractivity contribution in [3.05, 3.63) is 63.2 Å². The van der Waals surface area contributed by atoms with Gasteiger partial charge in [0.05, 0.1) is 12.0 Å². The molecule has 0 aliphatic carbocycles. The van der Waals surface area contributed by atoms with Crippen molar-refractivity contribution in [2.45, 2.75) is 0 Å². The van der Waals surface area contributed by atoms with Gasteiger partial charge in [-0.2, -0.15) is 8.78 Å². The number of ether oxygens (including phenoxy) is 1. The zero-order valence-corrected chi connectivity index (χ0v) is 14.1. The Morgan fingerprint density at radius 3 is 2.26 bits per heavy atom. The lowest BCUT2D eigenvalue weighted by molar-refractivity contribution is -0.384. The molecule has 0 aliphatic rings. The summed E-state index contributed by atoms with van der Waals surface area (Å²) in [6.07, 6.45) is 0. The number of anilines is 1. The van der Waals surface area contributed by atoms with E-state index in [0.29, 0.717) is 0 Å². The highest BCUT2D eigenvalue weighted by atomic mass is 32.1. The molecule has 2 N–H and O–H groups in total. The number of nitro groups is 1. The highest BCUT2D eigenvalue weighted by Gasteiger charge is 2.30. The van der Waals surface area contributed by atoms with Gasteiger partial charge < -0.3 is 10.1 Å². The van der Waals surface area contributed by atoms with Gasteiger partial charge in [-0.25, -0.2) is 8.78 Å². The molecule has 0 atom stereocenters. The molecule has 0 heterocycles. The maximum absolute atomic E-state index is 13.9. The molecule has 1 amide bonds. The molecule has 2 aromatic rings. The molecular formula is C15H9F4N3O4S. The molecule has 0 saturated heterocycles.